The number of benzene rings is 1. The molecule has 0 bridgehead atoms. The van der Waals surface area contributed by atoms with E-state index >= 15 is 0 Å². The minimum atomic E-state index is -0.131. The van der Waals surface area contributed by atoms with E-state index in [1.165, 1.54) is 7.11 Å². The molecule has 0 aliphatic carbocycles. The SMILES string of the molecule is COC(=O)C1CCN(c2cnnc3ccccc23)C1. The van der Waals surface area contributed by atoms with Gasteiger partial charge in [0, 0.05) is 18.5 Å². The van der Waals surface area contributed by atoms with Crippen LogP contribution in [0.3, 0.4) is 0 Å². The summed E-state index contributed by atoms with van der Waals surface area (Å²) in [4.78, 5) is 13.8. The second-order valence-corrected chi connectivity index (χ2v) is 4.70. The number of anilines is 1. The molecule has 3 rings (SSSR count). The van der Waals surface area contributed by atoms with Gasteiger partial charge in [-0.25, -0.2) is 0 Å². The molecule has 0 saturated carbocycles. The zero-order valence-corrected chi connectivity index (χ0v) is 10.7. The molecule has 1 fully saturated rings. The molecule has 1 aromatic carbocycles. The van der Waals surface area contributed by atoms with E-state index in [9.17, 15) is 4.79 Å². The van der Waals surface area contributed by atoms with Crippen LogP contribution in [-0.4, -0.2) is 36.4 Å². The predicted octanol–water partition coefficient (Wildman–Crippen LogP) is 1.63. The molecule has 1 aliphatic rings. The van der Waals surface area contributed by atoms with Crippen LogP contribution < -0.4 is 4.90 Å². The highest BCUT2D eigenvalue weighted by Gasteiger charge is 2.29. The Balaban J connectivity index is 1.92. The molecule has 5 heteroatoms. The Bertz CT molecular complexity index is 609. The molecular formula is C14H15N3O2. The summed E-state index contributed by atoms with van der Waals surface area (Å²) in [5.74, 6) is -0.175. The summed E-state index contributed by atoms with van der Waals surface area (Å²) in [5, 5.41) is 9.23. The van der Waals surface area contributed by atoms with Gasteiger partial charge in [-0.1, -0.05) is 18.2 Å². The van der Waals surface area contributed by atoms with E-state index in [2.05, 4.69) is 15.1 Å². The van der Waals surface area contributed by atoms with E-state index in [-0.39, 0.29) is 11.9 Å². The Morgan fingerprint density at radius 1 is 1.42 bits per heavy atom. The average Bonchev–Trinajstić information content (AvgIpc) is 2.95. The van der Waals surface area contributed by atoms with Crippen molar-refractivity contribution in [3.05, 3.63) is 30.5 Å². The molecule has 1 saturated heterocycles. The highest BCUT2D eigenvalue weighted by atomic mass is 16.5. The summed E-state index contributed by atoms with van der Waals surface area (Å²) in [7, 11) is 1.44. The lowest BCUT2D eigenvalue weighted by Gasteiger charge is -2.19. The highest BCUT2D eigenvalue weighted by molar-refractivity contribution is 5.91. The number of esters is 1. The van der Waals surface area contributed by atoms with Crippen LogP contribution >= 0.6 is 0 Å². The first-order chi connectivity index (χ1) is 9.29. The molecule has 0 radical (unpaired) electrons. The van der Waals surface area contributed by atoms with Gasteiger partial charge in [-0.05, 0) is 12.5 Å². The van der Waals surface area contributed by atoms with Gasteiger partial charge in [0.2, 0.25) is 0 Å². The summed E-state index contributed by atoms with van der Waals surface area (Å²) in [6.07, 6.45) is 2.59. The molecule has 0 spiro atoms. The second kappa shape index (κ2) is 4.84. The molecule has 0 amide bonds. The zero-order chi connectivity index (χ0) is 13.2. The first-order valence-electron chi connectivity index (χ1n) is 6.33. The standard InChI is InChI=1S/C14H15N3O2/c1-19-14(18)10-6-7-17(9-10)13-8-15-16-12-5-3-2-4-11(12)13/h2-5,8,10H,6-7,9H2,1H3. The maximum Gasteiger partial charge on any atom is 0.310 e. The van der Waals surface area contributed by atoms with Gasteiger partial charge in [0.15, 0.2) is 0 Å². The number of aromatic nitrogens is 2. The van der Waals surface area contributed by atoms with E-state index < -0.39 is 0 Å². The third-order valence-corrected chi connectivity index (χ3v) is 3.59. The fourth-order valence-electron chi connectivity index (χ4n) is 2.58. The average molecular weight is 257 g/mol. The first-order valence-corrected chi connectivity index (χ1v) is 6.33. The number of carbonyl (C=O) groups is 1. The topological polar surface area (TPSA) is 55.3 Å². The number of fused-ring (bicyclic) bond motifs is 1. The van der Waals surface area contributed by atoms with Gasteiger partial charge in [0.1, 0.15) is 0 Å². The Kier molecular flexibility index (Phi) is 3.03. The van der Waals surface area contributed by atoms with Crippen LogP contribution in [0.2, 0.25) is 0 Å². The van der Waals surface area contributed by atoms with Crippen molar-refractivity contribution in [2.24, 2.45) is 5.92 Å². The van der Waals surface area contributed by atoms with Gasteiger partial charge in [-0.15, -0.1) is 0 Å². The van der Waals surface area contributed by atoms with Crippen molar-refractivity contribution in [2.75, 3.05) is 25.1 Å². The van der Waals surface area contributed by atoms with Crippen LogP contribution in [0.1, 0.15) is 6.42 Å². The quantitative estimate of drug-likeness (QED) is 0.765. The third kappa shape index (κ3) is 2.12. The summed E-state index contributed by atoms with van der Waals surface area (Å²) in [6, 6.07) is 7.91. The zero-order valence-electron chi connectivity index (χ0n) is 10.7. The number of rotatable bonds is 2. The van der Waals surface area contributed by atoms with E-state index in [0.717, 1.165) is 29.6 Å². The lowest BCUT2D eigenvalue weighted by Crippen LogP contribution is -2.23. The van der Waals surface area contributed by atoms with Gasteiger partial charge >= 0.3 is 5.97 Å². The van der Waals surface area contributed by atoms with E-state index in [0.29, 0.717) is 6.54 Å². The smallest absolute Gasteiger partial charge is 0.310 e. The van der Waals surface area contributed by atoms with E-state index in [1.54, 1.807) is 6.20 Å². The van der Waals surface area contributed by atoms with Crippen molar-refractivity contribution >= 4 is 22.6 Å². The summed E-state index contributed by atoms with van der Waals surface area (Å²) in [5.41, 5.74) is 1.92. The molecule has 2 heterocycles. The van der Waals surface area contributed by atoms with Crippen LogP contribution in [0.4, 0.5) is 5.69 Å². The maximum atomic E-state index is 11.6. The van der Waals surface area contributed by atoms with Crippen LogP contribution in [0.5, 0.6) is 0 Å². The number of hydrogen-bond donors (Lipinski definition) is 0. The second-order valence-electron chi connectivity index (χ2n) is 4.70. The Hall–Kier alpha value is -2.17. The molecule has 1 unspecified atom stereocenters. The fourth-order valence-corrected chi connectivity index (χ4v) is 2.58. The maximum absolute atomic E-state index is 11.6. The normalized spacial score (nSPS) is 18.8. The summed E-state index contributed by atoms with van der Waals surface area (Å²) in [6.45, 7) is 1.53. The predicted molar refractivity (Wildman–Crippen MR) is 71.9 cm³/mol. The van der Waals surface area contributed by atoms with Gasteiger partial charge in [0.05, 0.1) is 30.4 Å². The third-order valence-electron chi connectivity index (χ3n) is 3.59. The number of methoxy groups -OCH3 is 1. The Morgan fingerprint density at radius 2 is 2.26 bits per heavy atom. The summed E-state index contributed by atoms with van der Waals surface area (Å²) >= 11 is 0. The van der Waals surface area contributed by atoms with Crippen LogP contribution in [0, 0.1) is 5.92 Å². The van der Waals surface area contributed by atoms with Crippen molar-refractivity contribution in [2.45, 2.75) is 6.42 Å². The number of nitrogens with zero attached hydrogens (tertiary/aromatic N) is 3. The van der Waals surface area contributed by atoms with Crippen LogP contribution in [-0.2, 0) is 9.53 Å². The van der Waals surface area contributed by atoms with Gasteiger partial charge in [-0.2, -0.15) is 10.2 Å². The molecule has 1 aliphatic heterocycles. The minimum Gasteiger partial charge on any atom is -0.469 e. The summed E-state index contributed by atoms with van der Waals surface area (Å²) < 4.78 is 4.81. The van der Waals surface area contributed by atoms with Crippen LogP contribution in [0.15, 0.2) is 30.5 Å². The van der Waals surface area contributed by atoms with Crippen molar-refractivity contribution in [3.8, 4) is 0 Å². The fraction of sp³-hybridized carbons (Fsp3) is 0.357. The molecule has 2 aromatic rings. The minimum absolute atomic E-state index is 0.0445. The number of ether oxygens (including phenoxy) is 1. The van der Waals surface area contributed by atoms with Crippen molar-refractivity contribution in [1.82, 2.24) is 10.2 Å². The molecule has 1 aromatic heterocycles. The highest BCUT2D eigenvalue weighted by Crippen LogP contribution is 2.29. The monoisotopic (exact) mass is 257 g/mol. The molecular weight excluding hydrogens is 242 g/mol. The lowest BCUT2D eigenvalue weighted by atomic mass is 10.1. The molecule has 1 atom stereocenters. The Morgan fingerprint density at radius 3 is 3.11 bits per heavy atom. The lowest BCUT2D eigenvalue weighted by molar-refractivity contribution is -0.144. The van der Waals surface area contributed by atoms with Crippen LogP contribution in [0.25, 0.3) is 10.9 Å². The Labute approximate surface area is 111 Å². The first kappa shape index (κ1) is 11.9. The number of carbonyl (C=O) groups excluding carboxylic acids is 1. The molecule has 19 heavy (non-hydrogen) atoms. The van der Waals surface area contributed by atoms with E-state index in [4.69, 9.17) is 4.74 Å². The van der Waals surface area contributed by atoms with Crippen molar-refractivity contribution < 1.29 is 9.53 Å². The van der Waals surface area contributed by atoms with Crippen molar-refractivity contribution in [3.63, 3.8) is 0 Å². The van der Waals surface area contributed by atoms with Gasteiger partial charge < -0.3 is 9.64 Å². The molecule has 98 valence electrons. The molecule has 0 N–H and O–H groups in total. The number of hydrogen-bond acceptors (Lipinski definition) is 5. The van der Waals surface area contributed by atoms with Gasteiger partial charge in [-0.3, -0.25) is 4.79 Å². The van der Waals surface area contributed by atoms with Crippen molar-refractivity contribution in [1.29, 1.82) is 0 Å². The van der Waals surface area contributed by atoms with E-state index in [1.807, 2.05) is 24.3 Å². The van der Waals surface area contributed by atoms with Gasteiger partial charge in [0.25, 0.3) is 0 Å². The molecule has 5 nitrogen and oxygen atoms in total. The largest absolute Gasteiger partial charge is 0.469 e.